The van der Waals surface area contributed by atoms with Crippen molar-refractivity contribution in [1.29, 1.82) is 0 Å². The van der Waals surface area contributed by atoms with Gasteiger partial charge >= 0.3 is 6.18 Å². The number of alkyl halides is 3. The summed E-state index contributed by atoms with van der Waals surface area (Å²) in [5.41, 5.74) is 0.300. The summed E-state index contributed by atoms with van der Waals surface area (Å²) < 4.78 is 49.7. The van der Waals surface area contributed by atoms with Crippen LogP contribution < -0.4 is 0 Å². The monoisotopic (exact) mass is 246 g/mol. The van der Waals surface area contributed by atoms with E-state index in [-0.39, 0.29) is 11.4 Å². The standard InChI is InChI=1S/C9H6F4N4/c10-8-3-7(14-5-15-8)6-1-2-17(16-6)4-9(11,12)13/h1-3,5H,4H2. The Kier molecular flexibility index (Phi) is 2.78. The number of halogens is 4. The van der Waals surface area contributed by atoms with Crippen LogP contribution in [0.15, 0.2) is 24.7 Å². The smallest absolute Gasteiger partial charge is 0.263 e. The predicted octanol–water partition coefficient (Wildman–Crippen LogP) is 2.04. The van der Waals surface area contributed by atoms with Crippen molar-refractivity contribution >= 4 is 0 Å². The Morgan fingerprint density at radius 2 is 1.94 bits per heavy atom. The van der Waals surface area contributed by atoms with E-state index >= 15 is 0 Å². The molecular formula is C9H6F4N4. The van der Waals surface area contributed by atoms with Gasteiger partial charge < -0.3 is 0 Å². The topological polar surface area (TPSA) is 43.6 Å². The highest BCUT2D eigenvalue weighted by atomic mass is 19.4. The van der Waals surface area contributed by atoms with Crippen LogP contribution in [0.1, 0.15) is 0 Å². The Morgan fingerprint density at radius 3 is 2.59 bits per heavy atom. The summed E-state index contributed by atoms with van der Waals surface area (Å²) in [4.78, 5) is 6.95. The minimum Gasteiger partial charge on any atom is -0.263 e. The predicted molar refractivity (Wildman–Crippen MR) is 49.3 cm³/mol. The van der Waals surface area contributed by atoms with E-state index in [1.807, 2.05) is 0 Å². The van der Waals surface area contributed by atoms with Gasteiger partial charge in [0.15, 0.2) is 0 Å². The largest absolute Gasteiger partial charge is 0.408 e. The van der Waals surface area contributed by atoms with E-state index in [1.54, 1.807) is 0 Å². The molecule has 17 heavy (non-hydrogen) atoms. The highest BCUT2D eigenvalue weighted by Gasteiger charge is 2.28. The Hall–Kier alpha value is -1.99. The van der Waals surface area contributed by atoms with Crippen LogP contribution in [0.5, 0.6) is 0 Å². The second kappa shape index (κ2) is 4.11. The molecule has 0 fully saturated rings. The first-order valence-corrected chi connectivity index (χ1v) is 4.52. The Bertz CT molecular complexity index is 520. The third-order valence-corrected chi connectivity index (χ3v) is 1.88. The maximum absolute atomic E-state index is 12.8. The van der Waals surface area contributed by atoms with Crippen molar-refractivity contribution in [1.82, 2.24) is 19.7 Å². The van der Waals surface area contributed by atoms with E-state index in [9.17, 15) is 17.6 Å². The quantitative estimate of drug-likeness (QED) is 0.601. The number of hydrogen-bond acceptors (Lipinski definition) is 3. The van der Waals surface area contributed by atoms with Crippen molar-refractivity contribution in [3.05, 3.63) is 30.6 Å². The lowest BCUT2D eigenvalue weighted by molar-refractivity contribution is -0.142. The third kappa shape index (κ3) is 2.99. The first kappa shape index (κ1) is 11.5. The van der Waals surface area contributed by atoms with Gasteiger partial charge in [0.2, 0.25) is 5.95 Å². The summed E-state index contributed by atoms with van der Waals surface area (Å²) in [6.45, 7) is -1.19. The Morgan fingerprint density at radius 1 is 1.18 bits per heavy atom. The van der Waals surface area contributed by atoms with Crippen molar-refractivity contribution in [3.8, 4) is 11.4 Å². The summed E-state index contributed by atoms with van der Waals surface area (Å²) in [7, 11) is 0. The van der Waals surface area contributed by atoms with E-state index < -0.39 is 18.7 Å². The summed E-state index contributed by atoms with van der Waals surface area (Å²) in [5.74, 6) is -0.764. The lowest BCUT2D eigenvalue weighted by Crippen LogP contribution is -2.17. The summed E-state index contributed by atoms with van der Waals surface area (Å²) >= 11 is 0. The van der Waals surface area contributed by atoms with Crippen molar-refractivity contribution < 1.29 is 17.6 Å². The van der Waals surface area contributed by atoms with Gasteiger partial charge in [-0.25, -0.2) is 9.97 Å². The Balaban J connectivity index is 2.24. The number of hydrogen-bond donors (Lipinski definition) is 0. The molecule has 0 atom stereocenters. The van der Waals surface area contributed by atoms with Crippen LogP contribution in [0.2, 0.25) is 0 Å². The van der Waals surface area contributed by atoms with E-state index in [0.29, 0.717) is 0 Å². The van der Waals surface area contributed by atoms with E-state index in [2.05, 4.69) is 15.1 Å². The van der Waals surface area contributed by atoms with Crippen LogP contribution in [0, 0.1) is 5.95 Å². The van der Waals surface area contributed by atoms with Crippen LogP contribution >= 0.6 is 0 Å². The number of nitrogens with zero attached hydrogens (tertiary/aromatic N) is 4. The minimum absolute atomic E-state index is 0.137. The first-order chi connectivity index (χ1) is 7.94. The molecule has 4 nitrogen and oxygen atoms in total. The molecule has 0 radical (unpaired) electrons. The molecule has 0 bridgehead atoms. The van der Waals surface area contributed by atoms with E-state index in [0.717, 1.165) is 23.3 Å². The zero-order valence-corrected chi connectivity index (χ0v) is 8.32. The summed E-state index contributed by atoms with van der Waals surface area (Å²) in [6.07, 6.45) is -2.21. The van der Waals surface area contributed by atoms with Crippen LogP contribution in [0.25, 0.3) is 11.4 Å². The molecule has 0 saturated heterocycles. The molecular weight excluding hydrogens is 240 g/mol. The molecule has 0 aliphatic carbocycles. The molecule has 2 aromatic rings. The van der Waals surface area contributed by atoms with Crippen molar-refractivity contribution in [2.45, 2.75) is 12.7 Å². The minimum atomic E-state index is -4.35. The zero-order valence-electron chi connectivity index (χ0n) is 8.32. The van der Waals surface area contributed by atoms with Crippen molar-refractivity contribution in [2.24, 2.45) is 0 Å². The molecule has 8 heteroatoms. The molecule has 0 aromatic carbocycles. The highest BCUT2D eigenvalue weighted by Crippen LogP contribution is 2.19. The van der Waals surface area contributed by atoms with Gasteiger partial charge in [-0.3, -0.25) is 4.68 Å². The molecule has 0 aliphatic rings. The fourth-order valence-corrected chi connectivity index (χ4v) is 1.24. The third-order valence-electron chi connectivity index (χ3n) is 1.88. The lowest BCUT2D eigenvalue weighted by atomic mass is 10.3. The van der Waals surface area contributed by atoms with Gasteiger partial charge in [-0.2, -0.15) is 22.7 Å². The fraction of sp³-hybridized carbons (Fsp3) is 0.222. The number of aromatic nitrogens is 4. The number of rotatable bonds is 2. The van der Waals surface area contributed by atoms with E-state index in [1.165, 1.54) is 6.07 Å². The van der Waals surface area contributed by atoms with Crippen LogP contribution in [0.4, 0.5) is 17.6 Å². The zero-order chi connectivity index (χ0) is 12.5. The molecule has 90 valence electrons. The normalized spacial score (nSPS) is 11.8. The Labute approximate surface area is 92.9 Å². The molecule has 0 spiro atoms. The van der Waals surface area contributed by atoms with Gasteiger partial charge in [0, 0.05) is 12.3 Å². The van der Waals surface area contributed by atoms with Gasteiger partial charge in [0.1, 0.15) is 18.6 Å². The fourth-order valence-electron chi connectivity index (χ4n) is 1.24. The maximum Gasteiger partial charge on any atom is 0.408 e. The maximum atomic E-state index is 12.8. The van der Waals surface area contributed by atoms with Crippen molar-refractivity contribution in [2.75, 3.05) is 0 Å². The summed E-state index contributed by atoms with van der Waals surface area (Å²) in [6, 6.07) is 2.33. The second-order valence-corrected chi connectivity index (χ2v) is 3.24. The van der Waals surface area contributed by atoms with Gasteiger partial charge in [-0.15, -0.1) is 0 Å². The molecule has 0 N–H and O–H groups in total. The van der Waals surface area contributed by atoms with E-state index in [4.69, 9.17) is 0 Å². The first-order valence-electron chi connectivity index (χ1n) is 4.52. The van der Waals surface area contributed by atoms with Gasteiger partial charge in [0.25, 0.3) is 0 Å². The SMILES string of the molecule is Fc1cc(-c2ccn(CC(F)(F)F)n2)ncn1. The molecule has 0 aliphatic heterocycles. The van der Waals surface area contributed by atoms with Gasteiger partial charge in [-0.1, -0.05) is 0 Å². The van der Waals surface area contributed by atoms with Gasteiger partial charge in [-0.05, 0) is 6.07 Å². The lowest BCUT2D eigenvalue weighted by Gasteiger charge is -2.05. The van der Waals surface area contributed by atoms with Crippen molar-refractivity contribution in [3.63, 3.8) is 0 Å². The van der Waals surface area contributed by atoms with Gasteiger partial charge in [0.05, 0.1) is 5.69 Å². The molecule has 0 unspecified atom stereocenters. The highest BCUT2D eigenvalue weighted by molar-refractivity contribution is 5.52. The molecule has 2 heterocycles. The van der Waals surface area contributed by atoms with Crippen LogP contribution in [0.3, 0.4) is 0 Å². The van der Waals surface area contributed by atoms with Crippen LogP contribution in [-0.4, -0.2) is 25.9 Å². The average molecular weight is 246 g/mol. The van der Waals surface area contributed by atoms with Crippen LogP contribution in [-0.2, 0) is 6.54 Å². The molecule has 0 saturated carbocycles. The average Bonchev–Trinajstić information content (AvgIpc) is 2.63. The molecule has 2 rings (SSSR count). The molecule has 0 amide bonds. The second-order valence-electron chi connectivity index (χ2n) is 3.24. The summed E-state index contributed by atoms with van der Waals surface area (Å²) in [5, 5.41) is 3.65. The molecule has 2 aromatic heterocycles.